The number of fused-ring (bicyclic) bond motifs is 6. The smallest absolute Gasteiger partial charge is 0.198 e. The molecule has 0 spiro atoms. The lowest BCUT2D eigenvalue weighted by atomic mass is 9.83. The first-order valence-corrected chi connectivity index (χ1v) is 11.2. The van der Waals surface area contributed by atoms with Gasteiger partial charge in [0.05, 0.1) is 13.1 Å². The van der Waals surface area contributed by atoms with Crippen LogP contribution in [0.25, 0.3) is 0 Å². The Labute approximate surface area is 183 Å². The monoisotopic (exact) mass is 415 g/mol. The van der Waals surface area contributed by atoms with Crippen molar-refractivity contribution in [3.8, 4) is 0 Å². The summed E-state index contributed by atoms with van der Waals surface area (Å²) in [7, 11) is 0. The third-order valence-electron chi connectivity index (χ3n) is 7.62. The predicted octanol–water partition coefficient (Wildman–Crippen LogP) is 4.24. The van der Waals surface area contributed by atoms with Gasteiger partial charge >= 0.3 is 0 Å². The summed E-state index contributed by atoms with van der Waals surface area (Å²) in [6.45, 7) is 10.2. The van der Waals surface area contributed by atoms with Crippen molar-refractivity contribution in [2.24, 2.45) is 9.98 Å². The van der Waals surface area contributed by atoms with Gasteiger partial charge in [0, 0.05) is 10.8 Å². The number of hydrogen-bond donors (Lipinski definition) is 1. The molecule has 0 saturated heterocycles. The van der Waals surface area contributed by atoms with E-state index in [1.165, 1.54) is 22.3 Å². The highest BCUT2D eigenvalue weighted by molar-refractivity contribution is 5.84. The first-order valence-electron chi connectivity index (χ1n) is 11.2. The molecule has 2 aliphatic heterocycles. The Morgan fingerprint density at radius 3 is 1.58 bits per heavy atom. The molecule has 2 heterocycles. The summed E-state index contributed by atoms with van der Waals surface area (Å²) < 4.78 is 12.5. The Morgan fingerprint density at radius 1 is 0.710 bits per heavy atom. The third-order valence-corrected chi connectivity index (χ3v) is 7.62. The fraction of sp³-hybridized carbons (Fsp3) is 0.462. The largest absolute Gasteiger partial charge is 0.470 e. The van der Waals surface area contributed by atoms with Crippen molar-refractivity contribution in [1.82, 2.24) is 5.32 Å². The Balaban J connectivity index is 1.11. The molecule has 2 aliphatic carbocycles. The first-order chi connectivity index (χ1) is 14.9. The summed E-state index contributed by atoms with van der Waals surface area (Å²) in [6, 6.07) is 17.4. The van der Waals surface area contributed by atoms with Crippen molar-refractivity contribution in [1.29, 1.82) is 0 Å². The maximum atomic E-state index is 6.27. The molecular weight excluding hydrogens is 386 g/mol. The van der Waals surface area contributed by atoms with E-state index >= 15 is 0 Å². The zero-order chi connectivity index (χ0) is 21.4. The summed E-state index contributed by atoms with van der Waals surface area (Å²) in [4.78, 5) is 9.89. The van der Waals surface area contributed by atoms with E-state index in [-0.39, 0.29) is 35.1 Å². The molecule has 1 N–H and O–H groups in total. The Bertz CT molecular complexity index is 1030. The van der Waals surface area contributed by atoms with Crippen LogP contribution in [0.1, 0.15) is 62.2 Å². The van der Waals surface area contributed by atoms with Crippen LogP contribution in [0.15, 0.2) is 58.5 Å². The summed E-state index contributed by atoms with van der Waals surface area (Å²) >= 11 is 0. The molecule has 2 aromatic carbocycles. The molecule has 4 aliphatic rings. The van der Waals surface area contributed by atoms with Crippen LogP contribution in [0.2, 0.25) is 0 Å². The van der Waals surface area contributed by atoms with Crippen molar-refractivity contribution in [3.05, 3.63) is 70.8 Å². The normalized spacial score (nSPS) is 30.5. The highest BCUT2D eigenvalue weighted by atomic mass is 16.5. The topological polar surface area (TPSA) is 55.2 Å². The lowest BCUT2D eigenvalue weighted by molar-refractivity contribution is 0.180. The number of rotatable bonds is 4. The average molecular weight is 416 g/mol. The molecule has 0 bridgehead atoms. The van der Waals surface area contributed by atoms with Crippen molar-refractivity contribution in [2.45, 2.75) is 62.8 Å². The van der Waals surface area contributed by atoms with E-state index in [9.17, 15) is 0 Å². The van der Waals surface area contributed by atoms with E-state index in [0.717, 1.165) is 11.8 Å². The maximum absolute atomic E-state index is 6.27. The van der Waals surface area contributed by atoms with Gasteiger partial charge in [-0.15, -0.1) is 0 Å². The molecular formula is C26H29N3O2. The highest BCUT2D eigenvalue weighted by Crippen LogP contribution is 2.51. The standard InChI is InChI=1S/C26H29N3O2/c1-25(2)17-11-7-5-9-15(17)21-23(25)28-19(30-21)13-27-14-20-29-24-22(31-20)16-10-6-8-12-18(16)26(24,3)4/h5-12,21-24,27H,13-14H2,1-4H3/t21-,22+,23-,24+. The Hall–Kier alpha value is -2.66. The minimum atomic E-state index is -0.0158. The number of nitrogens with zero attached hydrogens (tertiary/aromatic N) is 2. The second kappa shape index (κ2) is 6.42. The van der Waals surface area contributed by atoms with Crippen molar-refractivity contribution in [2.75, 3.05) is 13.1 Å². The van der Waals surface area contributed by atoms with E-state index in [1.54, 1.807) is 0 Å². The molecule has 2 aromatic rings. The van der Waals surface area contributed by atoms with Crippen LogP contribution in [0.4, 0.5) is 0 Å². The number of nitrogens with one attached hydrogen (secondary N) is 1. The lowest BCUT2D eigenvalue weighted by Crippen LogP contribution is -2.30. The molecule has 6 rings (SSSR count). The third kappa shape index (κ3) is 2.65. The van der Waals surface area contributed by atoms with E-state index in [1.807, 2.05) is 0 Å². The summed E-state index contributed by atoms with van der Waals surface area (Å²) in [5, 5.41) is 3.44. The molecule has 0 fully saturated rings. The Morgan fingerprint density at radius 2 is 1.13 bits per heavy atom. The van der Waals surface area contributed by atoms with E-state index in [2.05, 4.69) is 81.5 Å². The van der Waals surface area contributed by atoms with Crippen LogP contribution in [0.5, 0.6) is 0 Å². The van der Waals surface area contributed by atoms with Crippen molar-refractivity contribution in [3.63, 3.8) is 0 Å². The molecule has 31 heavy (non-hydrogen) atoms. The van der Waals surface area contributed by atoms with E-state index < -0.39 is 0 Å². The maximum Gasteiger partial charge on any atom is 0.198 e. The molecule has 0 aromatic heterocycles. The average Bonchev–Trinajstić information content (AvgIpc) is 3.47. The Kier molecular flexibility index (Phi) is 3.95. The van der Waals surface area contributed by atoms with Gasteiger partial charge in [-0.25, -0.2) is 9.98 Å². The van der Waals surface area contributed by atoms with Crippen LogP contribution < -0.4 is 5.32 Å². The van der Waals surface area contributed by atoms with E-state index in [0.29, 0.717) is 13.1 Å². The van der Waals surface area contributed by atoms with Gasteiger partial charge in [-0.1, -0.05) is 76.2 Å². The zero-order valence-corrected chi connectivity index (χ0v) is 18.6. The quantitative estimate of drug-likeness (QED) is 0.813. The van der Waals surface area contributed by atoms with Crippen LogP contribution in [0.3, 0.4) is 0 Å². The fourth-order valence-electron chi connectivity index (χ4n) is 5.91. The predicted molar refractivity (Wildman–Crippen MR) is 122 cm³/mol. The molecule has 5 nitrogen and oxygen atoms in total. The molecule has 0 radical (unpaired) electrons. The van der Waals surface area contributed by atoms with Gasteiger partial charge in [-0.2, -0.15) is 0 Å². The zero-order valence-electron chi connectivity index (χ0n) is 18.6. The van der Waals surface area contributed by atoms with Gasteiger partial charge in [-0.3, -0.25) is 0 Å². The van der Waals surface area contributed by atoms with Crippen molar-refractivity contribution < 1.29 is 9.47 Å². The summed E-state index contributed by atoms with van der Waals surface area (Å²) in [6.07, 6.45) is 0.0551. The van der Waals surface area contributed by atoms with Crippen LogP contribution >= 0.6 is 0 Å². The van der Waals surface area contributed by atoms with Gasteiger partial charge < -0.3 is 14.8 Å². The molecule has 0 unspecified atom stereocenters. The molecule has 5 heteroatoms. The molecule has 0 amide bonds. The SMILES string of the molecule is CC1(C)c2ccccc2[C@H]2OC(CNCC3=N[C@H]4[C@@H](O3)c3ccccc3C4(C)C)=N[C@H]21. The fourth-order valence-corrected chi connectivity index (χ4v) is 5.91. The van der Waals surface area contributed by atoms with Crippen LogP contribution in [0, 0.1) is 0 Å². The van der Waals surface area contributed by atoms with Gasteiger partial charge in [0.1, 0.15) is 24.3 Å². The summed E-state index contributed by atoms with van der Waals surface area (Å²) in [5.74, 6) is 1.56. The van der Waals surface area contributed by atoms with Gasteiger partial charge in [0.15, 0.2) is 11.8 Å². The second-order valence-corrected chi connectivity index (χ2v) is 10.2. The van der Waals surface area contributed by atoms with Crippen LogP contribution in [-0.2, 0) is 20.3 Å². The molecule has 160 valence electrons. The van der Waals surface area contributed by atoms with Gasteiger partial charge in [-0.05, 0) is 22.3 Å². The number of benzene rings is 2. The minimum absolute atomic E-state index is 0.0158. The highest BCUT2D eigenvalue weighted by Gasteiger charge is 2.52. The van der Waals surface area contributed by atoms with Crippen molar-refractivity contribution >= 4 is 11.8 Å². The lowest BCUT2D eigenvalue weighted by Gasteiger charge is -2.23. The van der Waals surface area contributed by atoms with Gasteiger partial charge in [0.25, 0.3) is 0 Å². The molecule has 0 saturated carbocycles. The first kappa shape index (κ1) is 19.1. The second-order valence-electron chi connectivity index (χ2n) is 10.2. The summed E-state index contributed by atoms with van der Waals surface area (Å²) in [5.41, 5.74) is 5.21. The number of ether oxygens (including phenoxy) is 2. The van der Waals surface area contributed by atoms with E-state index in [4.69, 9.17) is 19.5 Å². The van der Waals surface area contributed by atoms with Crippen LogP contribution in [-0.4, -0.2) is 37.0 Å². The molecule has 4 atom stereocenters. The van der Waals surface area contributed by atoms with Gasteiger partial charge in [0.2, 0.25) is 0 Å². The number of aliphatic imine (C=N–C) groups is 2. The minimum Gasteiger partial charge on any atom is -0.470 e. The number of hydrogen-bond acceptors (Lipinski definition) is 5.